The van der Waals surface area contributed by atoms with E-state index >= 15 is 0 Å². The number of benzene rings is 1. The third kappa shape index (κ3) is 4.36. The summed E-state index contributed by atoms with van der Waals surface area (Å²) in [7, 11) is 0. The lowest BCUT2D eigenvalue weighted by molar-refractivity contribution is -0.138. The summed E-state index contributed by atoms with van der Waals surface area (Å²) in [5.74, 6) is -0.129. The fourth-order valence-electron chi connectivity index (χ4n) is 2.54. The van der Waals surface area contributed by atoms with E-state index in [9.17, 15) is 18.0 Å². The van der Waals surface area contributed by atoms with E-state index < -0.39 is 11.7 Å². The SMILES string of the molecule is CC1NCCN(C(=O)Cc2cccc(C(F)(F)F)c2)C1C.Cl. The van der Waals surface area contributed by atoms with Crippen LogP contribution in [0.4, 0.5) is 13.2 Å². The summed E-state index contributed by atoms with van der Waals surface area (Å²) < 4.78 is 38.0. The number of piperazine rings is 1. The molecule has 1 aromatic carbocycles. The van der Waals surface area contributed by atoms with Crippen molar-refractivity contribution in [2.75, 3.05) is 13.1 Å². The number of nitrogens with zero attached hydrogens (tertiary/aromatic N) is 1. The lowest BCUT2D eigenvalue weighted by atomic mass is 10.0. The van der Waals surface area contributed by atoms with Crippen molar-refractivity contribution in [1.82, 2.24) is 10.2 Å². The second kappa shape index (κ2) is 7.33. The predicted molar refractivity (Wildman–Crippen MR) is 81.0 cm³/mol. The molecule has 2 rings (SSSR count). The maximum absolute atomic E-state index is 12.7. The van der Waals surface area contributed by atoms with Gasteiger partial charge in [-0.1, -0.05) is 18.2 Å². The van der Waals surface area contributed by atoms with E-state index in [0.717, 1.165) is 12.1 Å². The Bertz CT molecular complexity index is 522. The molecule has 1 aliphatic heterocycles. The molecule has 2 unspecified atom stereocenters. The number of hydrogen-bond donors (Lipinski definition) is 1. The third-order valence-electron chi connectivity index (χ3n) is 3.96. The zero-order valence-corrected chi connectivity index (χ0v) is 13.3. The van der Waals surface area contributed by atoms with Crippen LogP contribution in [0.2, 0.25) is 0 Å². The van der Waals surface area contributed by atoms with Gasteiger partial charge in [-0.3, -0.25) is 4.79 Å². The number of carbonyl (C=O) groups excluding carboxylic acids is 1. The Morgan fingerprint density at radius 2 is 2.05 bits per heavy atom. The normalized spacial score (nSPS) is 22.1. The van der Waals surface area contributed by atoms with Gasteiger partial charge in [-0.25, -0.2) is 0 Å². The lowest BCUT2D eigenvalue weighted by Gasteiger charge is -2.38. The van der Waals surface area contributed by atoms with E-state index in [1.807, 2.05) is 13.8 Å². The van der Waals surface area contributed by atoms with Crippen molar-refractivity contribution in [3.8, 4) is 0 Å². The van der Waals surface area contributed by atoms with Crippen molar-refractivity contribution in [2.45, 2.75) is 38.5 Å². The van der Waals surface area contributed by atoms with Crippen LogP contribution in [0.5, 0.6) is 0 Å². The van der Waals surface area contributed by atoms with E-state index in [1.54, 1.807) is 11.0 Å². The second-order valence-electron chi connectivity index (χ2n) is 5.45. The summed E-state index contributed by atoms with van der Waals surface area (Å²) >= 11 is 0. The Morgan fingerprint density at radius 1 is 1.36 bits per heavy atom. The van der Waals surface area contributed by atoms with Crippen LogP contribution in [-0.2, 0) is 17.4 Å². The van der Waals surface area contributed by atoms with Crippen molar-refractivity contribution < 1.29 is 18.0 Å². The average molecular weight is 337 g/mol. The van der Waals surface area contributed by atoms with Gasteiger partial charge in [-0.2, -0.15) is 13.2 Å². The van der Waals surface area contributed by atoms with Crippen molar-refractivity contribution >= 4 is 18.3 Å². The molecule has 1 heterocycles. The molecular formula is C15H20ClF3N2O. The first-order valence-corrected chi connectivity index (χ1v) is 6.98. The van der Waals surface area contributed by atoms with Crippen molar-refractivity contribution in [3.05, 3.63) is 35.4 Å². The zero-order chi connectivity index (χ0) is 15.6. The lowest BCUT2D eigenvalue weighted by Crippen LogP contribution is -2.57. The molecule has 22 heavy (non-hydrogen) atoms. The highest BCUT2D eigenvalue weighted by molar-refractivity contribution is 5.85. The molecule has 1 N–H and O–H groups in total. The van der Waals surface area contributed by atoms with Gasteiger partial charge in [0.2, 0.25) is 5.91 Å². The van der Waals surface area contributed by atoms with Crippen LogP contribution in [0.3, 0.4) is 0 Å². The molecule has 0 bridgehead atoms. The Labute approximate surface area is 134 Å². The smallest absolute Gasteiger partial charge is 0.337 e. The van der Waals surface area contributed by atoms with Gasteiger partial charge in [0.15, 0.2) is 0 Å². The molecule has 1 aromatic rings. The monoisotopic (exact) mass is 336 g/mol. The number of amides is 1. The minimum absolute atomic E-state index is 0. The van der Waals surface area contributed by atoms with Gasteiger partial charge >= 0.3 is 6.18 Å². The first kappa shape index (κ1) is 18.8. The van der Waals surface area contributed by atoms with Gasteiger partial charge < -0.3 is 10.2 Å². The quantitative estimate of drug-likeness (QED) is 0.900. The molecule has 2 atom stereocenters. The van der Waals surface area contributed by atoms with E-state index in [1.165, 1.54) is 6.07 Å². The van der Waals surface area contributed by atoms with Crippen LogP contribution in [-0.4, -0.2) is 36.0 Å². The molecule has 1 aliphatic rings. The van der Waals surface area contributed by atoms with Crippen LogP contribution in [0.25, 0.3) is 0 Å². The number of hydrogen-bond acceptors (Lipinski definition) is 2. The van der Waals surface area contributed by atoms with Gasteiger partial charge in [-0.05, 0) is 25.5 Å². The molecule has 0 aromatic heterocycles. The molecule has 7 heteroatoms. The summed E-state index contributed by atoms with van der Waals surface area (Å²) in [6, 6.07) is 5.19. The van der Waals surface area contributed by atoms with Gasteiger partial charge in [0.1, 0.15) is 0 Å². The third-order valence-corrected chi connectivity index (χ3v) is 3.96. The zero-order valence-electron chi connectivity index (χ0n) is 12.5. The Balaban J connectivity index is 0.00000242. The first-order chi connectivity index (χ1) is 9.79. The largest absolute Gasteiger partial charge is 0.416 e. The molecule has 0 saturated carbocycles. The van der Waals surface area contributed by atoms with E-state index in [0.29, 0.717) is 18.7 Å². The number of nitrogens with one attached hydrogen (secondary N) is 1. The Hall–Kier alpha value is -1.27. The van der Waals surface area contributed by atoms with Crippen LogP contribution in [0.15, 0.2) is 24.3 Å². The average Bonchev–Trinajstić information content (AvgIpc) is 2.41. The second-order valence-corrected chi connectivity index (χ2v) is 5.45. The standard InChI is InChI=1S/C15H19F3N2O.ClH/c1-10-11(2)20(7-6-19-10)14(21)9-12-4-3-5-13(8-12)15(16,17)18;/h3-5,8,10-11,19H,6-7,9H2,1-2H3;1H. The first-order valence-electron chi connectivity index (χ1n) is 6.98. The summed E-state index contributed by atoms with van der Waals surface area (Å²) in [5.41, 5.74) is -0.317. The van der Waals surface area contributed by atoms with Crippen LogP contribution < -0.4 is 5.32 Å². The summed E-state index contributed by atoms with van der Waals surface area (Å²) in [6.07, 6.45) is -4.38. The van der Waals surface area contributed by atoms with Crippen molar-refractivity contribution in [3.63, 3.8) is 0 Å². The minimum atomic E-state index is -4.38. The van der Waals surface area contributed by atoms with E-state index in [-0.39, 0.29) is 36.8 Å². The van der Waals surface area contributed by atoms with Gasteiger partial charge in [0, 0.05) is 25.2 Å². The molecule has 1 amide bonds. The Morgan fingerprint density at radius 3 is 2.68 bits per heavy atom. The topological polar surface area (TPSA) is 32.3 Å². The molecular weight excluding hydrogens is 317 g/mol. The van der Waals surface area contributed by atoms with Crippen LogP contribution in [0.1, 0.15) is 25.0 Å². The highest BCUT2D eigenvalue weighted by atomic mass is 35.5. The van der Waals surface area contributed by atoms with Crippen LogP contribution in [0, 0.1) is 0 Å². The predicted octanol–water partition coefficient (Wildman–Crippen LogP) is 2.88. The maximum atomic E-state index is 12.7. The number of alkyl halides is 3. The van der Waals surface area contributed by atoms with Gasteiger partial charge in [0.25, 0.3) is 0 Å². The van der Waals surface area contributed by atoms with Gasteiger partial charge in [-0.15, -0.1) is 12.4 Å². The van der Waals surface area contributed by atoms with E-state index in [4.69, 9.17) is 0 Å². The van der Waals surface area contributed by atoms with Gasteiger partial charge in [0.05, 0.1) is 12.0 Å². The summed E-state index contributed by atoms with van der Waals surface area (Å²) in [5, 5.41) is 3.27. The molecule has 0 aliphatic carbocycles. The fourth-order valence-corrected chi connectivity index (χ4v) is 2.54. The number of rotatable bonds is 2. The van der Waals surface area contributed by atoms with E-state index in [2.05, 4.69) is 5.32 Å². The van der Waals surface area contributed by atoms with Crippen molar-refractivity contribution in [1.29, 1.82) is 0 Å². The molecule has 0 spiro atoms. The highest BCUT2D eigenvalue weighted by Crippen LogP contribution is 2.29. The number of halogens is 4. The molecule has 3 nitrogen and oxygen atoms in total. The number of carbonyl (C=O) groups is 1. The summed E-state index contributed by atoms with van der Waals surface area (Å²) in [4.78, 5) is 14.0. The minimum Gasteiger partial charge on any atom is -0.337 e. The highest BCUT2D eigenvalue weighted by Gasteiger charge is 2.31. The maximum Gasteiger partial charge on any atom is 0.416 e. The van der Waals surface area contributed by atoms with Crippen molar-refractivity contribution in [2.24, 2.45) is 0 Å². The molecule has 0 radical (unpaired) electrons. The molecule has 1 saturated heterocycles. The Kier molecular flexibility index (Phi) is 6.26. The molecule has 1 fully saturated rings. The molecule has 124 valence electrons. The summed E-state index contributed by atoms with van der Waals surface area (Å²) in [6.45, 7) is 5.23. The van der Waals surface area contributed by atoms with Crippen LogP contribution >= 0.6 is 12.4 Å². The fraction of sp³-hybridized carbons (Fsp3) is 0.533.